The van der Waals surface area contributed by atoms with Gasteiger partial charge in [-0.2, -0.15) is 23.3 Å². The number of benzene rings is 1. The largest absolute Gasteiger partial charge is 0.486 e. The zero-order chi connectivity index (χ0) is 19.7. The fraction of sp³-hybridized carbons (Fsp3) is 0.333. The number of amides is 1. The standard InChI is InChI=1S/C18H17F3N2O4/c1-2-12-3-5-13(6-4-12)26-11-14-7-8-15(27-14)16(24)23-17(25,9-10-22-23)18(19,20)21/h3-8,10,25H,2,9,11H2,1H3. The second kappa shape index (κ2) is 7.07. The summed E-state index contributed by atoms with van der Waals surface area (Å²) in [4.78, 5) is 12.3. The van der Waals surface area contributed by atoms with Crippen LogP contribution in [0.25, 0.3) is 0 Å². The molecular formula is C18H17F3N2O4. The molecule has 9 heteroatoms. The summed E-state index contributed by atoms with van der Waals surface area (Å²) in [5.41, 5.74) is -2.23. The minimum absolute atomic E-state index is 0.00837. The van der Waals surface area contributed by atoms with Crippen molar-refractivity contribution in [2.24, 2.45) is 5.10 Å². The highest BCUT2D eigenvalue weighted by Crippen LogP contribution is 2.39. The molecule has 144 valence electrons. The van der Waals surface area contributed by atoms with E-state index in [0.29, 0.717) is 5.75 Å². The molecule has 0 radical (unpaired) electrons. The Bertz CT molecular complexity index is 845. The summed E-state index contributed by atoms with van der Waals surface area (Å²) in [5.74, 6) is -0.734. The Morgan fingerprint density at radius 1 is 1.30 bits per heavy atom. The van der Waals surface area contributed by atoms with Crippen molar-refractivity contribution < 1.29 is 32.2 Å². The van der Waals surface area contributed by atoms with Gasteiger partial charge >= 0.3 is 12.1 Å². The number of hydrogen-bond acceptors (Lipinski definition) is 5. The van der Waals surface area contributed by atoms with Gasteiger partial charge in [0, 0.05) is 12.6 Å². The quantitative estimate of drug-likeness (QED) is 0.859. The fourth-order valence-corrected chi connectivity index (χ4v) is 2.54. The Morgan fingerprint density at radius 3 is 2.63 bits per heavy atom. The molecule has 0 aliphatic carbocycles. The molecule has 0 saturated carbocycles. The number of halogens is 3. The second-order valence-corrected chi connectivity index (χ2v) is 5.99. The van der Waals surface area contributed by atoms with E-state index in [1.807, 2.05) is 19.1 Å². The van der Waals surface area contributed by atoms with Gasteiger partial charge in [-0.1, -0.05) is 19.1 Å². The zero-order valence-corrected chi connectivity index (χ0v) is 14.4. The minimum Gasteiger partial charge on any atom is -0.486 e. The molecule has 1 aliphatic heterocycles. The van der Waals surface area contributed by atoms with E-state index >= 15 is 0 Å². The third-order valence-corrected chi connectivity index (χ3v) is 4.15. The maximum atomic E-state index is 13.1. The number of ether oxygens (including phenoxy) is 1. The number of hydrazone groups is 1. The van der Waals surface area contributed by atoms with Crippen LogP contribution in [-0.2, 0) is 13.0 Å². The summed E-state index contributed by atoms with van der Waals surface area (Å²) in [6.07, 6.45) is -4.17. The first kappa shape index (κ1) is 19.0. The molecule has 0 fully saturated rings. The van der Waals surface area contributed by atoms with E-state index in [1.165, 1.54) is 12.1 Å². The van der Waals surface area contributed by atoms with Gasteiger partial charge in [0.1, 0.15) is 18.1 Å². The van der Waals surface area contributed by atoms with E-state index in [-0.39, 0.29) is 23.1 Å². The normalized spacial score (nSPS) is 19.5. The average Bonchev–Trinajstić information content (AvgIpc) is 3.27. The molecule has 0 saturated heterocycles. The molecule has 27 heavy (non-hydrogen) atoms. The molecule has 0 bridgehead atoms. The molecule has 3 rings (SSSR count). The molecule has 2 aromatic rings. The van der Waals surface area contributed by atoms with Crippen molar-refractivity contribution in [3.8, 4) is 5.75 Å². The number of furan rings is 1. The summed E-state index contributed by atoms with van der Waals surface area (Å²) in [7, 11) is 0. The third-order valence-electron chi connectivity index (χ3n) is 4.15. The average molecular weight is 382 g/mol. The van der Waals surface area contributed by atoms with Gasteiger partial charge in [0.05, 0.1) is 0 Å². The molecule has 1 amide bonds. The van der Waals surface area contributed by atoms with Gasteiger partial charge in [-0.15, -0.1) is 0 Å². The van der Waals surface area contributed by atoms with Gasteiger partial charge in [-0.3, -0.25) is 4.79 Å². The van der Waals surface area contributed by atoms with Crippen molar-refractivity contribution in [3.63, 3.8) is 0 Å². The van der Waals surface area contributed by atoms with Gasteiger partial charge in [-0.05, 0) is 36.2 Å². The lowest BCUT2D eigenvalue weighted by molar-refractivity contribution is -0.297. The first-order valence-electron chi connectivity index (χ1n) is 8.21. The van der Waals surface area contributed by atoms with Crippen molar-refractivity contribution in [2.75, 3.05) is 0 Å². The summed E-state index contributed by atoms with van der Waals surface area (Å²) in [6.45, 7) is 2.02. The molecule has 1 N–H and O–H groups in total. The molecule has 6 nitrogen and oxygen atoms in total. The highest BCUT2D eigenvalue weighted by molar-refractivity contribution is 5.93. The predicted molar refractivity (Wildman–Crippen MR) is 89.1 cm³/mol. The monoisotopic (exact) mass is 382 g/mol. The number of alkyl halides is 3. The number of carbonyl (C=O) groups is 1. The van der Waals surface area contributed by atoms with E-state index in [4.69, 9.17) is 9.15 Å². The number of carbonyl (C=O) groups excluding carboxylic acids is 1. The van der Waals surface area contributed by atoms with Crippen molar-refractivity contribution in [1.82, 2.24) is 5.01 Å². The molecule has 1 unspecified atom stereocenters. The summed E-state index contributed by atoms with van der Waals surface area (Å²) in [5, 5.41) is 13.1. The van der Waals surface area contributed by atoms with Gasteiger partial charge in [0.15, 0.2) is 5.76 Å². The SMILES string of the molecule is CCc1ccc(OCc2ccc(C(=O)N3N=CCC3(O)C(F)(F)F)o2)cc1. The Morgan fingerprint density at radius 2 is 2.00 bits per heavy atom. The van der Waals surface area contributed by atoms with Crippen molar-refractivity contribution in [1.29, 1.82) is 0 Å². The van der Waals surface area contributed by atoms with Crippen LogP contribution in [0.4, 0.5) is 13.2 Å². The summed E-state index contributed by atoms with van der Waals surface area (Å²) >= 11 is 0. The maximum Gasteiger partial charge on any atom is 0.438 e. The fourth-order valence-electron chi connectivity index (χ4n) is 2.54. The minimum atomic E-state index is -5.05. The third kappa shape index (κ3) is 3.68. The topological polar surface area (TPSA) is 75.3 Å². The summed E-state index contributed by atoms with van der Waals surface area (Å²) in [6, 6.07) is 10.0. The van der Waals surface area contributed by atoms with Crippen LogP contribution in [0.5, 0.6) is 5.75 Å². The second-order valence-electron chi connectivity index (χ2n) is 5.99. The molecular weight excluding hydrogens is 365 g/mol. The van der Waals surface area contributed by atoms with Gasteiger partial charge in [-0.25, -0.2) is 0 Å². The van der Waals surface area contributed by atoms with Gasteiger partial charge in [0.2, 0.25) is 0 Å². The molecule has 0 spiro atoms. The maximum absolute atomic E-state index is 13.1. The van der Waals surface area contributed by atoms with Crippen LogP contribution in [0.2, 0.25) is 0 Å². The first-order valence-corrected chi connectivity index (χ1v) is 8.21. The van der Waals surface area contributed by atoms with Gasteiger partial charge < -0.3 is 14.3 Å². The molecule has 1 aromatic carbocycles. The van der Waals surface area contributed by atoms with E-state index in [1.54, 1.807) is 12.1 Å². The van der Waals surface area contributed by atoms with Crippen molar-refractivity contribution in [3.05, 3.63) is 53.5 Å². The van der Waals surface area contributed by atoms with Crippen LogP contribution in [0.15, 0.2) is 45.9 Å². The lowest BCUT2D eigenvalue weighted by Crippen LogP contribution is -2.56. The lowest BCUT2D eigenvalue weighted by atomic mass is 10.1. The number of aliphatic hydroxyl groups is 1. The highest BCUT2D eigenvalue weighted by atomic mass is 19.4. The van der Waals surface area contributed by atoms with Crippen LogP contribution in [0.1, 0.15) is 35.2 Å². The van der Waals surface area contributed by atoms with E-state index in [0.717, 1.165) is 18.2 Å². The molecule has 1 aromatic heterocycles. The van der Waals surface area contributed by atoms with Crippen molar-refractivity contribution in [2.45, 2.75) is 38.3 Å². The Labute approximate surface area is 152 Å². The smallest absolute Gasteiger partial charge is 0.438 e. The van der Waals surface area contributed by atoms with Gasteiger partial charge in [0.25, 0.3) is 5.72 Å². The number of hydrogen-bond donors (Lipinski definition) is 1. The number of nitrogens with zero attached hydrogens (tertiary/aromatic N) is 2. The molecule has 1 atom stereocenters. The molecule has 1 aliphatic rings. The molecule has 2 heterocycles. The summed E-state index contributed by atoms with van der Waals surface area (Å²) < 4.78 is 50.0. The van der Waals surface area contributed by atoms with Crippen LogP contribution < -0.4 is 4.74 Å². The van der Waals surface area contributed by atoms with E-state index in [2.05, 4.69) is 5.10 Å². The Balaban J connectivity index is 1.68. The van der Waals surface area contributed by atoms with Crippen LogP contribution >= 0.6 is 0 Å². The zero-order valence-electron chi connectivity index (χ0n) is 14.4. The van der Waals surface area contributed by atoms with Crippen LogP contribution in [0.3, 0.4) is 0 Å². The van der Waals surface area contributed by atoms with Crippen molar-refractivity contribution >= 4 is 12.1 Å². The lowest BCUT2D eigenvalue weighted by Gasteiger charge is -2.31. The number of aryl methyl sites for hydroxylation is 1. The predicted octanol–water partition coefficient (Wildman–Crippen LogP) is 3.50. The van der Waals surface area contributed by atoms with E-state index in [9.17, 15) is 23.1 Å². The number of rotatable bonds is 5. The Kier molecular flexibility index (Phi) is 4.97. The van der Waals surface area contributed by atoms with E-state index < -0.39 is 24.2 Å². The first-order chi connectivity index (χ1) is 12.7. The Hall–Kier alpha value is -2.81. The van der Waals surface area contributed by atoms with Crippen LogP contribution in [0, 0.1) is 0 Å². The van der Waals surface area contributed by atoms with Crippen LogP contribution in [-0.4, -0.2) is 34.1 Å². The highest BCUT2D eigenvalue weighted by Gasteiger charge is 2.61.